The van der Waals surface area contributed by atoms with Gasteiger partial charge in [-0.25, -0.2) is 4.98 Å². The van der Waals surface area contributed by atoms with Crippen molar-refractivity contribution in [3.63, 3.8) is 0 Å². The zero-order chi connectivity index (χ0) is 19.6. The standard InChI is InChI=1S/C21H19N5OS2/c27-20(16-13-29-21(23-16)17-5-4-12-28-17)22-15-9-7-14(8-10-15)19-25-24-18-6-2-1-3-11-26(18)19/h4-5,7-10,12-13H,1-3,6,11H2,(H,22,27). The zero-order valence-corrected chi connectivity index (χ0v) is 17.3. The summed E-state index contributed by atoms with van der Waals surface area (Å²) >= 11 is 3.10. The number of hydrogen-bond acceptors (Lipinski definition) is 6. The Morgan fingerprint density at radius 3 is 2.76 bits per heavy atom. The Balaban J connectivity index is 1.31. The lowest BCUT2D eigenvalue weighted by molar-refractivity contribution is 0.102. The number of aryl methyl sites for hydroxylation is 1. The molecule has 0 bridgehead atoms. The molecule has 3 aromatic heterocycles. The lowest BCUT2D eigenvalue weighted by Gasteiger charge is -2.08. The van der Waals surface area contributed by atoms with Crippen molar-refractivity contribution in [2.24, 2.45) is 0 Å². The highest BCUT2D eigenvalue weighted by molar-refractivity contribution is 7.20. The Bertz CT molecular complexity index is 1130. The van der Waals surface area contributed by atoms with Gasteiger partial charge in [0.1, 0.15) is 16.5 Å². The first-order valence-electron chi connectivity index (χ1n) is 9.61. The number of nitrogens with zero attached hydrogens (tertiary/aromatic N) is 4. The lowest BCUT2D eigenvalue weighted by Crippen LogP contribution is -2.12. The van der Waals surface area contributed by atoms with Crippen molar-refractivity contribution in [1.29, 1.82) is 0 Å². The van der Waals surface area contributed by atoms with E-state index in [9.17, 15) is 4.79 Å². The van der Waals surface area contributed by atoms with Crippen molar-refractivity contribution in [3.8, 4) is 21.3 Å². The van der Waals surface area contributed by atoms with Crippen molar-refractivity contribution in [1.82, 2.24) is 19.7 Å². The van der Waals surface area contributed by atoms with Crippen LogP contribution in [0.5, 0.6) is 0 Å². The summed E-state index contributed by atoms with van der Waals surface area (Å²) in [6, 6.07) is 11.8. The number of fused-ring (bicyclic) bond motifs is 1. The second-order valence-corrected chi connectivity index (χ2v) is 8.75. The number of anilines is 1. The fourth-order valence-electron chi connectivity index (χ4n) is 3.49. The van der Waals surface area contributed by atoms with Gasteiger partial charge in [-0.05, 0) is 48.6 Å². The maximum absolute atomic E-state index is 12.6. The Morgan fingerprint density at radius 2 is 1.93 bits per heavy atom. The monoisotopic (exact) mass is 421 g/mol. The van der Waals surface area contributed by atoms with Crippen LogP contribution in [0.3, 0.4) is 0 Å². The smallest absolute Gasteiger partial charge is 0.275 e. The minimum atomic E-state index is -0.201. The van der Waals surface area contributed by atoms with Crippen LogP contribution in [-0.2, 0) is 13.0 Å². The van der Waals surface area contributed by atoms with Crippen molar-refractivity contribution < 1.29 is 4.79 Å². The van der Waals surface area contributed by atoms with Crippen molar-refractivity contribution in [2.75, 3.05) is 5.32 Å². The first kappa shape index (κ1) is 18.2. The Kier molecular flexibility index (Phi) is 4.95. The molecule has 1 aliphatic heterocycles. The predicted octanol–water partition coefficient (Wildman–Crippen LogP) is 5.11. The highest BCUT2D eigenvalue weighted by Crippen LogP contribution is 2.28. The summed E-state index contributed by atoms with van der Waals surface area (Å²) in [5, 5.41) is 16.4. The maximum atomic E-state index is 12.6. The number of carbonyl (C=O) groups is 1. The van der Waals surface area contributed by atoms with E-state index in [0.717, 1.165) is 52.2 Å². The number of nitrogens with one attached hydrogen (secondary N) is 1. The molecule has 0 unspecified atom stereocenters. The fourth-order valence-corrected chi connectivity index (χ4v) is 5.10. The van der Waals surface area contributed by atoms with E-state index in [4.69, 9.17) is 0 Å². The van der Waals surface area contributed by atoms with E-state index in [1.807, 2.05) is 41.8 Å². The minimum Gasteiger partial charge on any atom is -0.321 e. The highest BCUT2D eigenvalue weighted by Gasteiger charge is 2.16. The molecule has 1 N–H and O–H groups in total. The van der Waals surface area contributed by atoms with Gasteiger partial charge in [-0.1, -0.05) is 12.5 Å². The summed E-state index contributed by atoms with van der Waals surface area (Å²) in [6.07, 6.45) is 4.56. The van der Waals surface area contributed by atoms with Gasteiger partial charge < -0.3 is 9.88 Å². The molecule has 8 heteroatoms. The third-order valence-electron chi connectivity index (χ3n) is 4.98. The summed E-state index contributed by atoms with van der Waals surface area (Å²) in [6.45, 7) is 0.965. The molecular formula is C21H19N5OS2. The van der Waals surface area contributed by atoms with E-state index in [1.165, 1.54) is 24.2 Å². The average molecular weight is 422 g/mol. The Morgan fingerprint density at radius 1 is 1.03 bits per heavy atom. The second-order valence-electron chi connectivity index (χ2n) is 6.95. The largest absolute Gasteiger partial charge is 0.321 e. The number of benzene rings is 1. The van der Waals surface area contributed by atoms with Crippen LogP contribution in [0, 0.1) is 0 Å². The zero-order valence-electron chi connectivity index (χ0n) is 15.7. The first-order chi connectivity index (χ1) is 14.3. The number of amides is 1. The molecule has 1 aliphatic rings. The molecule has 6 nitrogen and oxygen atoms in total. The van der Waals surface area contributed by atoms with Gasteiger partial charge in [-0.3, -0.25) is 4.79 Å². The van der Waals surface area contributed by atoms with Crippen LogP contribution in [0.1, 0.15) is 35.6 Å². The van der Waals surface area contributed by atoms with E-state index in [1.54, 1.807) is 16.7 Å². The molecule has 1 amide bonds. The van der Waals surface area contributed by atoms with Gasteiger partial charge in [-0.2, -0.15) is 0 Å². The maximum Gasteiger partial charge on any atom is 0.275 e. The molecule has 146 valence electrons. The molecule has 4 heterocycles. The number of rotatable bonds is 4. The van der Waals surface area contributed by atoms with Crippen LogP contribution in [0.2, 0.25) is 0 Å². The van der Waals surface area contributed by atoms with Crippen molar-refractivity contribution in [2.45, 2.75) is 32.2 Å². The third-order valence-corrected chi connectivity index (χ3v) is 6.86. The van der Waals surface area contributed by atoms with Gasteiger partial charge in [0.05, 0.1) is 4.88 Å². The average Bonchev–Trinajstić information content (AvgIpc) is 3.47. The minimum absolute atomic E-state index is 0.201. The third kappa shape index (κ3) is 3.73. The second kappa shape index (κ2) is 7.88. The topological polar surface area (TPSA) is 72.7 Å². The Hall–Kier alpha value is -2.84. The highest BCUT2D eigenvalue weighted by atomic mass is 32.1. The normalized spacial score (nSPS) is 13.7. The van der Waals surface area contributed by atoms with Crippen molar-refractivity contribution >= 4 is 34.3 Å². The van der Waals surface area contributed by atoms with Crippen LogP contribution >= 0.6 is 22.7 Å². The molecule has 0 atom stereocenters. The molecular weight excluding hydrogens is 402 g/mol. The predicted molar refractivity (Wildman–Crippen MR) is 116 cm³/mol. The van der Waals surface area contributed by atoms with Gasteiger partial charge in [0, 0.05) is 29.6 Å². The van der Waals surface area contributed by atoms with Gasteiger partial charge >= 0.3 is 0 Å². The van der Waals surface area contributed by atoms with E-state index >= 15 is 0 Å². The molecule has 1 aromatic carbocycles. The van der Waals surface area contributed by atoms with E-state index in [2.05, 4.69) is 25.1 Å². The fraction of sp³-hybridized carbons (Fsp3) is 0.238. The van der Waals surface area contributed by atoms with Gasteiger partial charge in [-0.15, -0.1) is 32.9 Å². The summed E-state index contributed by atoms with van der Waals surface area (Å²) in [4.78, 5) is 18.1. The number of thiophene rings is 1. The van der Waals surface area contributed by atoms with Crippen LogP contribution < -0.4 is 5.32 Å². The van der Waals surface area contributed by atoms with E-state index < -0.39 is 0 Å². The molecule has 4 aromatic rings. The first-order valence-corrected chi connectivity index (χ1v) is 11.4. The molecule has 0 radical (unpaired) electrons. The van der Waals surface area contributed by atoms with Crippen LogP contribution in [0.4, 0.5) is 5.69 Å². The SMILES string of the molecule is O=C(Nc1ccc(-c2nnc3n2CCCCC3)cc1)c1csc(-c2cccs2)n1. The summed E-state index contributed by atoms with van der Waals surface area (Å²) in [7, 11) is 0. The molecule has 0 spiro atoms. The number of hydrogen-bond donors (Lipinski definition) is 1. The summed E-state index contributed by atoms with van der Waals surface area (Å²) < 4.78 is 2.22. The summed E-state index contributed by atoms with van der Waals surface area (Å²) in [5.74, 6) is 1.77. The molecule has 5 rings (SSSR count). The van der Waals surface area contributed by atoms with E-state index in [-0.39, 0.29) is 5.91 Å². The lowest BCUT2D eigenvalue weighted by atomic mass is 10.2. The van der Waals surface area contributed by atoms with Gasteiger partial charge in [0.2, 0.25) is 0 Å². The quantitative estimate of drug-likeness (QED) is 0.497. The Labute approximate surface area is 176 Å². The molecule has 29 heavy (non-hydrogen) atoms. The summed E-state index contributed by atoms with van der Waals surface area (Å²) in [5.41, 5.74) is 2.18. The van der Waals surface area contributed by atoms with Gasteiger partial charge in [0.15, 0.2) is 5.82 Å². The van der Waals surface area contributed by atoms with Gasteiger partial charge in [0.25, 0.3) is 5.91 Å². The molecule has 0 aliphatic carbocycles. The number of thiazole rings is 1. The molecule has 0 saturated heterocycles. The molecule has 0 fully saturated rings. The van der Waals surface area contributed by atoms with Crippen molar-refractivity contribution in [3.05, 3.63) is 58.7 Å². The number of carbonyl (C=O) groups excluding carboxylic acids is 1. The van der Waals surface area contributed by atoms with Crippen LogP contribution in [-0.4, -0.2) is 25.7 Å². The van der Waals surface area contributed by atoms with Crippen LogP contribution in [0.25, 0.3) is 21.3 Å². The number of aromatic nitrogens is 4. The van der Waals surface area contributed by atoms with Crippen LogP contribution in [0.15, 0.2) is 47.2 Å². The van der Waals surface area contributed by atoms with E-state index in [0.29, 0.717) is 5.69 Å². The molecule has 0 saturated carbocycles.